The van der Waals surface area contributed by atoms with Gasteiger partial charge in [-0.05, 0) is 35.9 Å². The molecule has 0 atom stereocenters. The van der Waals surface area contributed by atoms with Gasteiger partial charge in [-0.15, -0.1) is 0 Å². The van der Waals surface area contributed by atoms with Crippen molar-refractivity contribution in [3.63, 3.8) is 0 Å². The van der Waals surface area contributed by atoms with E-state index < -0.39 is 9.84 Å². The monoisotopic (exact) mass is 411 g/mol. The van der Waals surface area contributed by atoms with Gasteiger partial charge in [0.1, 0.15) is 5.82 Å². The number of hydrogen-bond acceptors (Lipinski definition) is 6. The summed E-state index contributed by atoms with van der Waals surface area (Å²) in [6.07, 6.45) is 1.14. The summed E-state index contributed by atoms with van der Waals surface area (Å²) >= 11 is 0. The summed E-state index contributed by atoms with van der Waals surface area (Å²) in [5.74, 6) is -0.0264. The molecule has 0 radical (unpaired) electrons. The number of pyridine rings is 1. The van der Waals surface area contributed by atoms with Gasteiger partial charge in [-0.3, -0.25) is 4.79 Å². The molecular weight excluding hydrogens is 390 g/mol. The number of ether oxygens (including phenoxy) is 1. The first-order chi connectivity index (χ1) is 13.8. The fourth-order valence-corrected chi connectivity index (χ4v) is 4.22. The maximum atomic E-state index is 13.1. The van der Waals surface area contributed by atoms with Crippen LogP contribution in [-0.2, 0) is 25.9 Å². The number of nitrogen functional groups attached to an aromatic ring is 1. The molecule has 8 heteroatoms. The van der Waals surface area contributed by atoms with Crippen LogP contribution in [0.15, 0.2) is 59.5 Å². The Kier molecular flexibility index (Phi) is 4.97. The average molecular weight is 411 g/mol. The fraction of sp³-hybridized carbons (Fsp3) is 0.238. The number of para-hydroxylation sites is 1. The topological polar surface area (TPSA) is 103 Å². The largest absolute Gasteiger partial charge is 0.384 e. The van der Waals surface area contributed by atoms with Gasteiger partial charge in [0.25, 0.3) is 0 Å². The minimum atomic E-state index is -3.51. The second kappa shape index (κ2) is 7.46. The summed E-state index contributed by atoms with van der Waals surface area (Å²) in [7, 11) is -3.51. The van der Waals surface area contributed by atoms with Gasteiger partial charge >= 0.3 is 0 Å². The van der Waals surface area contributed by atoms with Gasteiger partial charge in [0.15, 0.2) is 9.84 Å². The highest BCUT2D eigenvalue weighted by Crippen LogP contribution is 2.30. The van der Waals surface area contributed by atoms with Gasteiger partial charge in [0.2, 0.25) is 5.91 Å². The van der Waals surface area contributed by atoms with E-state index in [-0.39, 0.29) is 23.3 Å². The minimum Gasteiger partial charge on any atom is -0.384 e. The van der Waals surface area contributed by atoms with Crippen molar-refractivity contribution in [3.05, 3.63) is 60.2 Å². The SMILES string of the molecule is CS(=O)(=O)c1ccccc1N(Cc1ccc2ccc(N)nc2c1)C(=O)C1COC1. The predicted molar refractivity (Wildman–Crippen MR) is 111 cm³/mol. The third-order valence-corrected chi connectivity index (χ3v) is 6.07. The Labute approximate surface area is 169 Å². The number of carbonyl (C=O) groups is 1. The standard InChI is InChI=1S/C21H21N3O4S/c1-29(26,27)19-5-3-2-4-18(19)24(21(25)16-12-28-13-16)11-14-6-7-15-8-9-20(22)23-17(15)10-14/h2-10,16H,11-13H2,1H3,(H2,22,23). The lowest BCUT2D eigenvalue weighted by Crippen LogP contribution is -2.45. The van der Waals surface area contributed by atoms with E-state index in [1.165, 1.54) is 11.0 Å². The van der Waals surface area contributed by atoms with Gasteiger partial charge in [-0.25, -0.2) is 13.4 Å². The van der Waals surface area contributed by atoms with Gasteiger partial charge in [-0.2, -0.15) is 0 Å². The molecule has 1 aromatic heterocycles. The van der Waals surface area contributed by atoms with Crippen LogP contribution in [0.3, 0.4) is 0 Å². The van der Waals surface area contributed by atoms with Crippen LogP contribution >= 0.6 is 0 Å². The van der Waals surface area contributed by atoms with Crippen molar-refractivity contribution in [2.75, 3.05) is 30.1 Å². The molecule has 1 aliphatic heterocycles. The first kappa shape index (κ1) is 19.4. The Morgan fingerprint density at radius 3 is 2.59 bits per heavy atom. The average Bonchev–Trinajstić information content (AvgIpc) is 2.63. The van der Waals surface area contributed by atoms with Crippen LogP contribution in [0.2, 0.25) is 0 Å². The number of rotatable bonds is 5. The molecule has 0 unspecified atom stereocenters. The lowest BCUT2D eigenvalue weighted by Gasteiger charge is -2.32. The number of aromatic nitrogens is 1. The molecular formula is C21H21N3O4S. The van der Waals surface area contributed by atoms with Crippen LogP contribution in [0.5, 0.6) is 0 Å². The Hall–Kier alpha value is -2.97. The summed E-state index contributed by atoms with van der Waals surface area (Å²) in [6.45, 7) is 0.895. The van der Waals surface area contributed by atoms with Crippen LogP contribution in [0.25, 0.3) is 10.9 Å². The van der Waals surface area contributed by atoms with E-state index in [1.54, 1.807) is 24.3 Å². The summed E-state index contributed by atoms with van der Waals surface area (Å²) in [5.41, 5.74) is 7.71. The predicted octanol–water partition coefficient (Wildman–Crippen LogP) is 2.40. The van der Waals surface area contributed by atoms with Crippen molar-refractivity contribution in [1.82, 2.24) is 4.98 Å². The van der Waals surface area contributed by atoms with Gasteiger partial charge in [0, 0.05) is 11.6 Å². The number of amides is 1. The van der Waals surface area contributed by atoms with Crippen LogP contribution in [0.4, 0.5) is 11.5 Å². The molecule has 0 bridgehead atoms. The van der Waals surface area contributed by atoms with Gasteiger partial charge in [-0.1, -0.05) is 24.3 Å². The van der Waals surface area contributed by atoms with Crippen LogP contribution in [-0.4, -0.2) is 38.8 Å². The van der Waals surface area contributed by atoms with E-state index in [0.717, 1.165) is 22.7 Å². The van der Waals surface area contributed by atoms with E-state index in [1.807, 2.05) is 24.3 Å². The third-order valence-electron chi connectivity index (χ3n) is 4.93. The minimum absolute atomic E-state index is 0.122. The van der Waals surface area contributed by atoms with E-state index in [9.17, 15) is 13.2 Å². The molecule has 29 heavy (non-hydrogen) atoms. The molecule has 1 fully saturated rings. The molecule has 3 aromatic rings. The molecule has 150 valence electrons. The second-order valence-electron chi connectivity index (χ2n) is 7.16. The number of nitrogens with zero attached hydrogens (tertiary/aromatic N) is 2. The maximum absolute atomic E-state index is 13.1. The lowest BCUT2D eigenvalue weighted by atomic mass is 10.0. The second-order valence-corrected chi connectivity index (χ2v) is 9.15. The highest BCUT2D eigenvalue weighted by Gasteiger charge is 2.33. The first-order valence-electron chi connectivity index (χ1n) is 9.16. The van der Waals surface area contributed by atoms with Crippen molar-refractivity contribution >= 4 is 38.2 Å². The van der Waals surface area contributed by atoms with Crippen molar-refractivity contribution in [3.8, 4) is 0 Å². The quantitative estimate of drug-likeness (QED) is 0.692. The maximum Gasteiger partial charge on any atom is 0.235 e. The zero-order valence-corrected chi connectivity index (χ0v) is 16.7. The van der Waals surface area contributed by atoms with Crippen molar-refractivity contribution in [1.29, 1.82) is 0 Å². The highest BCUT2D eigenvalue weighted by atomic mass is 32.2. The fourth-order valence-electron chi connectivity index (χ4n) is 3.33. The lowest BCUT2D eigenvalue weighted by molar-refractivity contribution is -0.136. The molecule has 1 saturated heterocycles. The van der Waals surface area contributed by atoms with Crippen molar-refractivity contribution in [2.45, 2.75) is 11.4 Å². The summed E-state index contributed by atoms with van der Waals surface area (Å²) in [5, 5.41) is 0.935. The van der Waals surface area contributed by atoms with Crippen LogP contribution in [0.1, 0.15) is 5.56 Å². The normalized spacial score (nSPS) is 14.5. The molecule has 2 aromatic carbocycles. The Bertz CT molecular complexity index is 1190. The summed E-state index contributed by atoms with van der Waals surface area (Å²) in [6, 6.07) is 15.9. The first-order valence-corrected chi connectivity index (χ1v) is 11.1. The molecule has 0 saturated carbocycles. The van der Waals surface area contributed by atoms with Crippen LogP contribution < -0.4 is 10.6 Å². The summed E-state index contributed by atoms with van der Waals surface area (Å²) in [4.78, 5) is 19.1. The summed E-state index contributed by atoms with van der Waals surface area (Å²) < 4.78 is 29.8. The molecule has 4 rings (SSSR count). The molecule has 0 spiro atoms. The number of benzene rings is 2. The van der Waals surface area contributed by atoms with E-state index in [0.29, 0.717) is 24.7 Å². The smallest absolute Gasteiger partial charge is 0.235 e. The number of sulfone groups is 1. The Morgan fingerprint density at radius 1 is 1.17 bits per heavy atom. The number of fused-ring (bicyclic) bond motifs is 1. The van der Waals surface area contributed by atoms with Gasteiger partial charge < -0.3 is 15.4 Å². The molecule has 2 N–H and O–H groups in total. The number of nitrogens with two attached hydrogens (primary N) is 1. The Balaban J connectivity index is 1.77. The molecule has 7 nitrogen and oxygen atoms in total. The van der Waals surface area contributed by atoms with E-state index >= 15 is 0 Å². The third kappa shape index (κ3) is 3.94. The highest BCUT2D eigenvalue weighted by molar-refractivity contribution is 7.90. The molecule has 2 heterocycles. The van der Waals surface area contributed by atoms with E-state index in [4.69, 9.17) is 10.5 Å². The van der Waals surface area contributed by atoms with Crippen LogP contribution in [0, 0.1) is 5.92 Å². The molecule has 1 aliphatic rings. The molecule has 1 amide bonds. The van der Waals surface area contributed by atoms with E-state index in [2.05, 4.69) is 4.98 Å². The number of hydrogen-bond donors (Lipinski definition) is 1. The number of anilines is 2. The van der Waals surface area contributed by atoms with Crippen molar-refractivity contribution in [2.24, 2.45) is 5.92 Å². The zero-order chi connectivity index (χ0) is 20.6. The number of carbonyl (C=O) groups excluding carboxylic acids is 1. The zero-order valence-electron chi connectivity index (χ0n) is 15.9. The molecule has 0 aliphatic carbocycles. The Morgan fingerprint density at radius 2 is 1.90 bits per heavy atom. The van der Waals surface area contributed by atoms with Crippen molar-refractivity contribution < 1.29 is 17.9 Å². The van der Waals surface area contributed by atoms with Gasteiger partial charge in [0.05, 0.1) is 41.8 Å².